The van der Waals surface area contributed by atoms with Crippen molar-refractivity contribution in [3.63, 3.8) is 0 Å². The van der Waals surface area contributed by atoms with E-state index in [4.69, 9.17) is 10.5 Å². The normalized spacial score (nSPS) is 20.1. The van der Waals surface area contributed by atoms with Crippen molar-refractivity contribution in [2.45, 2.75) is 38.1 Å². The summed E-state index contributed by atoms with van der Waals surface area (Å²) in [6.45, 7) is 4.22. The lowest BCUT2D eigenvalue weighted by Gasteiger charge is -2.27. The fourth-order valence-electron chi connectivity index (χ4n) is 2.49. The van der Waals surface area contributed by atoms with Crippen LogP contribution in [-0.2, 0) is 6.42 Å². The first kappa shape index (κ1) is 10.5. The maximum absolute atomic E-state index is 6.19. The molecule has 1 aromatic carbocycles. The van der Waals surface area contributed by atoms with Gasteiger partial charge in [-0.05, 0) is 49.9 Å². The fraction of sp³-hybridized carbons (Fsp3) is 0.538. The first-order chi connectivity index (χ1) is 7.02. The Balaban J connectivity index is 2.36. The summed E-state index contributed by atoms with van der Waals surface area (Å²) in [6.07, 6.45) is 2.28. The number of fused-ring (bicyclic) bond motifs is 1. The lowest BCUT2D eigenvalue weighted by atomic mass is 9.84. The van der Waals surface area contributed by atoms with E-state index in [1.807, 2.05) is 6.07 Å². The minimum atomic E-state index is -0.125. The maximum Gasteiger partial charge on any atom is 0.119 e. The topological polar surface area (TPSA) is 35.2 Å². The third-order valence-electron chi connectivity index (χ3n) is 3.33. The zero-order chi connectivity index (χ0) is 11.1. The second-order valence-corrected chi connectivity index (χ2v) is 4.98. The predicted octanol–water partition coefficient (Wildman–Crippen LogP) is 2.46. The molecule has 15 heavy (non-hydrogen) atoms. The van der Waals surface area contributed by atoms with Crippen molar-refractivity contribution >= 4 is 0 Å². The van der Waals surface area contributed by atoms with Gasteiger partial charge < -0.3 is 10.5 Å². The summed E-state index contributed by atoms with van der Waals surface area (Å²) in [4.78, 5) is 0. The molecule has 0 saturated heterocycles. The molecule has 0 heterocycles. The van der Waals surface area contributed by atoms with Crippen molar-refractivity contribution in [2.24, 2.45) is 5.73 Å². The fourth-order valence-corrected chi connectivity index (χ4v) is 2.49. The highest BCUT2D eigenvalue weighted by molar-refractivity contribution is 5.42. The molecular formula is C13H19NO. The highest BCUT2D eigenvalue weighted by atomic mass is 16.5. The average Bonchev–Trinajstić information content (AvgIpc) is 2.59. The van der Waals surface area contributed by atoms with Gasteiger partial charge in [-0.1, -0.05) is 6.07 Å². The molecule has 1 aromatic rings. The smallest absolute Gasteiger partial charge is 0.119 e. The number of methoxy groups -OCH3 is 1. The van der Waals surface area contributed by atoms with Crippen LogP contribution < -0.4 is 10.5 Å². The summed E-state index contributed by atoms with van der Waals surface area (Å²) < 4.78 is 5.23. The number of hydrogen-bond acceptors (Lipinski definition) is 2. The molecule has 0 radical (unpaired) electrons. The molecule has 0 amide bonds. The van der Waals surface area contributed by atoms with Gasteiger partial charge in [0.1, 0.15) is 5.75 Å². The lowest BCUT2D eigenvalue weighted by Crippen LogP contribution is -2.38. The maximum atomic E-state index is 6.19. The monoisotopic (exact) mass is 205 g/mol. The van der Waals surface area contributed by atoms with Gasteiger partial charge in [0.25, 0.3) is 0 Å². The van der Waals surface area contributed by atoms with Crippen LogP contribution in [0.15, 0.2) is 18.2 Å². The minimum absolute atomic E-state index is 0.125. The third kappa shape index (κ3) is 1.86. The van der Waals surface area contributed by atoms with Crippen molar-refractivity contribution < 1.29 is 4.74 Å². The Kier molecular flexibility index (Phi) is 2.47. The molecule has 1 unspecified atom stereocenters. The van der Waals surface area contributed by atoms with Gasteiger partial charge >= 0.3 is 0 Å². The van der Waals surface area contributed by atoms with Gasteiger partial charge in [0.2, 0.25) is 0 Å². The van der Waals surface area contributed by atoms with E-state index in [0.717, 1.165) is 18.6 Å². The zero-order valence-corrected chi connectivity index (χ0v) is 9.71. The minimum Gasteiger partial charge on any atom is -0.497 e. The number of aryl methyl sites for hydroxylation is 1. The number of rotatable bonds is 2. The third-order valence-corrected chi connectivity index (χ3v) is 3.33. The Morgan fingerprint density at radius 3 is 2.73 bits per heavy atom. The average molecular weight is 205 g/mol. The Hall–Kier alpha value is -1.02. The molecule has 0 fully saturated rings. The highest BCUT2D eigenvalue weighted by Gasteiger charge is 2.32. The molecule has 82 valence electrons. The van der Waals surface area contributed by atoms with E-state index in [0.29, 0.717) is 5.92 Å². The first-order valence-electron chi connectivity index (χ1n) is 5.48. The van der Waals surface area contributed by atoms with Crippen LogP contribution in [0.4, 0.5) is 0 Å². The quantitative estimate of drug-likeness (QED) is 0.805. The molecule has 2 nitrogen and oxygen atoms in total. The molecule has 0 aliphatic heterocycles. The van der Waals surface area contributed by atoms with Crippen LogP contribution in [0.5, 0.6) is 5.75 Å². The number of hydrogen-bond donors (Lipinski definition) is 1. The second-order valence-electron chi connectivity index (χ2n) is 4.98. The molecule has 0 bridgehead atoms. The molecule has 2 N–H and O–H groups in total. The summed E-state index contributed by atoms with van der Waals surface area (Å²) in [5, 5.41) is 0. The van der Waals surface area contributed by atoms with Gasteiger partial charge in [0, 0.05) is 11.5 Å². The summed E-state index contributed by atoms with van der Waals surface area (Å²) in [5.74, 6) is 1.43. The van der Waals surface area contributed by atoms with Gasteiger partial charge in [-0.15, -0.1) is 0 Å². The van der Waals surface area contributed by atoms with E-state index in [1.54, 1.807) is 7.11 Å². The standard InChI is InChI=1S/C13H19NO/c1-13(2,14)12-7-4-9-8-10(15-3)5-6-11(9)12/h5-6,8,12H,4,7,14H2,1-3H3. The van der Waals surface area contributed by atoms with Gasteiger partial charge in [-0.3, -0.25) is 0 Å². The molecule has 2 heteroatoms. The van der Waals surface area contributed by atoms with Crippen LogP contribution in [-0.4, -0.2) is 12.6 Å². The van der Waals surface area contributed by atoms with Gasteiger partial charge in [0.05, 0.1) is 7.11 Å². The van der Waals surface area contributed by atoms with Gasteiger partial charge in [-0.25, -0.2) is 0 Å². The molecule has 1 aliphatic carbocycles. The SMILES string of the molecule is COc1ccc2c(c1)CCC2C(C)(C)N. The summed E-state index contributed by atoms with van der Waals surface area (Å²) in [7, 11) is 1.71. The second kappa shape index (κ2) is 3.53. The van der Waals surface area contributed by atoms with Crippen molar-refractivity contribution in [1.29, 1.82) is 0 Å². The van der Waals surface area contributed by atoms with Crippen LogP contribution in [0.25, 0.3) is 0 Å². The van der Waals surface area contributed by atoms with Crippen LogP contribution in [0.1, 0.15) is 37.3 Å². The number of benzene rings is 1. The van der Waals surface area contributed by atoms with E-state index in [9.17, 15) is 0 Å². The number of nitrogens with two attached hydrogens (primary N) is 1. The van der Waals surface area contributed by atoms with E-state index in [-0.39, 0.29) is 5.54 Å². The van der Waals surface area contributed by atoms with Crippen LogP contribution in [0.3, 0.4) is 0 Å². The van der Waals surface area contributed by atoms with Crippen molar-refractivity contribution in [1.82, 2.24) is 0 Å². The Bertz CT molecular complexity index is 365. The molecule has 0 saturated carbocycles. The Morgan fingerprint density at radius 2 is 2.13 bits per heavy atom. The Labute approximate surface area is 91.4 Å². The van der Waals surface area contributed by atoms with Crippen LogP contribution in [0, 0.1) is 0 Å². The van der Waals surface area contributed by atoms with Crippen molar-refractivity contribution in [3.05, 3.63) is 29.3 Å². The van der Waals surface area contributed by atoms with Crippen molar-refractivity contribution in [2.75, 3.05) is 7.11 Å². The summed E-state index contributed by atoms with van der Waals surface area (Å²) in [5.41, 5.74) is 8.88. The van der Waals surface area contributed by atoms with Gasteiger partial charge in [-0.2, -0.15) is 0 Å². The molecule has 1 atom stereocenters. The predicted molar refractivity (Wildman–Crippen MR) is 62.3 cm³/mol. The molecule has 0 aromatic heterocycles. The summed E-state index contributed by atoms with van der Waals surface area (Å²) in [6, 6.07) is 6.34. The Morgan fingerprint density at radius 1 is 1.40 bits per heavy atom. The summed E-state index contributed by atoms with van der Waals surface area (Å²) >= 11 is 0. The van der Waals surface area contributed by atoms with Crippen molar-refractivity contribution in [3.8, 4) is 5.75 Å². The zero-order valence-electron chi connectivity index (χ0n) is 9.71. The lowest BCUT2D eigenvalue weighted by molar-refractivity contribution is 0.407. The molecule has 1 aliphatic rings. The van der Waals surface area contributed by atoms with Crippen LogP contribution in [0.2, 0.25) is 0 Å². The van der Waals surface area contributed by atoms with E-state index in [2.05, 4.69) is 26.0 Å². The first-order valence-corrected chi connectivity index (χ1v) is 5.48. The van der Waals surface area contributed by atoms with E-state index >= 15 is 0 Å². The van der Waals surface area contributed by atoms with E-state index < -0.39 is 0 Å². The van der Waals surface area contributed by atoms with E-state index in [1.165, 1.54) is 11.1 Å². The molecule has 2 rings (SSSR count). The van der Waals surface area contributed by atoms with Gasteiger partial charge in [0.15, 0.2) is 0 Å². The van der Waals surface area contributed by atoms with Crippen LogP contribution >= 0.6 is 0 Å². The molecule has 0 spiro atoms. The highest BCUT2D eigenvalue weighted by Crippen LogP contribution is 2.40. The largest absolute Gasteiger partial charge is 0.497 e. The number of ether oxygens (including phenoxy) is 1. The molecular weight excluding hydrogens is 186 g/mol.